The van der Waals surface area contributed by atoms with Gasteiger partial charge in [-0.15, -0.1) is 0 Å². The molecule has 0 unspecified atom stereocenters. The Balaban J connectivity index is 1.36. The first-order valence-corrected chi connectivity index (χ1v) is 15.4. The molecule has 0 atom stereocenters. The minimum atomic E-state index is -0.122. The van der Waals surface area contributed by atoms with Crippen LogP contribution in [0.5, 0.6) is 0 Å². The molecule has 4 nitrogen and oxygen atoms in total. The van der Waals surface area contributed by atoms with Crippen LogP contribution in [-0.4, -0.2) is 14.5 Å². The lowest BCUT2D eigenvalue weighted by Gasteiger charge is -2.21. The number of aromatic nitrogens is 3. The maximum Gasteiger partial charge on any atom is 0.238 e. The van der Waals surface area contributed by atoms with Crippen LogP contribution in [0, 0.1) is 0 Å². The van der Waals surface area contributed by atoms with E-state index < -0.39 is 0 Å². The highest BCUT2D eigenvalue weighted by molar-refractivity contribution is 6.15. The molecule has 9 aromatic rings. The molecule has 1 aliphatic carbocycles. The number of furan rings is 1. The van der Waals surface area contributed by atoms with Gasteiger partial charge in [-0.1, -0.05) is 117 Å². The summed E-state index contributed by atoms with van der Waals surface area (Å²) in [4.78, 5) is 10.7. The van der Waals surface area contributed by atoms with E-state index >= 15 is 0 Å². The average Bonchev–Trinajstić information content (AvgIpc) is 3.69. The Labute approximate surface area is 259 Å². The SMILES string of the molecule is CC1(C)c2ccccc2-c2c(-c3nc(-n4c5ccccc5c5cc6ccccc6cc54)nc4oc5ccccc5c34)cccc21. The van der Waals surface area contributed by atoms with Gasteiger partial charge in [0.2, 0.25) is 11.7 Å². The molecule has 0 bridgehead atoms. The van der Waals surface area contributed by atoms with Crippen LogP contribution < -0.4 is 0 Å². The van der Waals surface area contributed by atoms with Crippen molar-refractivity contribution in [3.8, 4) is 28.3 Å². The zero-order valence-corrected chi connectivity index (χ0v) is 24.9. The summed E-state index contributed by atoms with van der Waals surface area (Å²) in [6.45, 7) is 4.64. The van der Waals surface area contributed by atoms with E-state index in [1.807, 2.05) is 12.1 Å². The number of rotatable bonds is 2. The van der Waals surface area contributed by atoms with Gasteiger partial charge in [0.25, 0.3) is 0 Å². The summed E-state index contributed by atoms with van der Waals surface area (Å²) in [6, 6.07) is 45.2. The number of hydrogen-bond donors (Lipinski definition) is 0. The first-order chi connectivity index (χ1) is 22.1. The van der Waals surface area contributed by atoms with E-state index in [-0.39, 0.29) is 5.41 Å². The van der Waals surface area contributed by atoms with Crippen molar-refractivity contribution in [2.75, 3.05) is 0 Å². The third-order valence-corrected chi connectivity index (χ3v) is 9.83. The van der Waals surface area contributed by atoms with Gasteiger partial charge in [0.1, 0.15) is 5.58 Å². The molecule has 1 aliphatic rings. The standard InChI is InChI=1S/C41H27N3O/c1-41(2)31-18-8-5-15-27(31)36-29(17-11-19-32(36)41)38-37-28-16-7-10-21-35(28)45-39(37)43-40(42-38)44-33-20-9-6-14-26(33)30-22-24-12-3-4-13-25(24)23-34(30)44/h3-23H,1-2H3. The summed E-state index contributed by atoms with van der Waals surface area (Å²) >= 11 is 0. The summed E-state index contributed by atoms with van der Waals surface area (Å²) in [5, 5.41) is 6.70. The number of para-hydroxylation sites is 2. The highest BCUT2D eigenvalue weighted by Gasteiger charge is 2.37. The van der Waals surface area contributed by atoms with Crippen LogP contribution in [0.25, 0.3) is 83.0 Å². The van der Waals surface area contributed by atoms with Gasteiger partial charge in [-0.3, -0.25) is 4.57 Å². The number of hydrogen-bond acceptors (Lipinski definition) is 3. The largest absolute Gasteiger partial charge is 0.437 e. The molecule has 0 amide bonds. The van der Waals surface area contributed by atoms with Crippen LogP contribution in [0.4, 0.5) is 0 Å². The molecule has 10 rings (SSSR count). The number of nitrogens with zero attached hydrogens (tertiary/aromatic N) is 3. The molecule has 0 N–H and O–H groups in total. The normalized spacial score (nSPS) is 13.7. The van der Waals surface area contributed by atoms with Crippen LogP contribution in [0.1, 0.15) is 25.0 Å². The molecule has 0 fully saturated rings. The lowest BCUT2D eigenvalue weighted by atomic mass is 9.82. The van der Waals surface area contributed by atoms with E-state index in [9.17, 15) is 0 Å². The van der Waals surface area contributed by atoms with E-state index in [1.165, 1.54) is 43.8 Å². The second-order valence-corrected chi connectivity index (χ2v) is 12.6. The highest BCUT2D eigenvalue weighted by atomic mass is 16.3. The van der Waals surface area contributed by atoms with Gasteiger partial charge in [-0.2, -0.15) is 4.98 Å². The lowest BCUT2D eigenvalue weighted by Crippen LogP contribution is -2.14. The predicted molar refractivity (Wildman–Crippen MR) is 184 cm³/mol. The third kappa shape index (κ3) is 3.26. The topological polar surface area (TPSA) is 43.9 Å². The molecule has 0 aliphatic heterocycles. The summed E-state index contributed by atoms with van der Waals surface area (Å²) in [7, 11) is 0. The van der Waals surface area contributed by atoms with Gasteiger partial charge in [-0.25, -0.2) is 4.98 Å². The average molecular weight is 578 g/mol. The Bertz CT molecular complexity index is 2690. The first kappa shape index (κ1) is 24.7. The molecule has 0 saturated heterocycles. The van der Waals surface area contributed by atoms with Crippen LogP contribution >= 0.6 is 0 Å². The molecular formula is C41H27N3O. The van der Waals surface area contributed by atoms with Crippen molar-refractivity contribution in [2.24, 2.45) is 0 Å². The van der Waals surface area contributed by atoms with Gasteiger partial charge in [0.05, 0.1) is 22.1 Å². The monoisotopic (exact) mass is 577 g/mol. The van der Waals surface area contributed by atoms with Gasteiger partial charge >= 0.3 is 0 Å². The molecule has 0 spiro atoms. The Morgan fingerprint density at radius 3 is 2.16 bits per heavy atom. The lowest BCUT2D eigenvalue weighted by molar-refractivity contribution is 0.651. The minimum absolute atomic E-state index is 0.122. The fraction of sp³-hybridized carbons (Fsp3) is 0.0732. The van der Waals surface area contributed by atoms with Gasteiger partial charge in [-0.05, 0) is 57.3 Å². The van der Waals surface area contributed by atoms with E-state index in [2.05, 4.69) is 134 Å². The van der Waals surface area contributed by atoms with Gasteiger partial charge in [0, 0.05) is 27.1 Å². The molecule has 45 heavy (non-hydrogen) atoms. The van der Waals surface area contributed by atoms with Crippen LogP contribution in [0.3, 0.4) is 0 Å². The molecule has 6 aromatic carbocycles. The second-order valence-electron chi connectivity index (χ2n) is 12.6. The molecule has 4 heteroatoms. The van der Waals surface area contributed by atoms with Gasteiger partial charge < -0.3 is 4.42 Å². The third-order valence-electron chi connectivity index (χ3n) is 9.83. The van der Waals surface area contributed by atoms with Crippen molar-refractivity contribution in [3.05, 3.63) is 139 Å². The summed E-state index contributed by atoms with van der Waals surface area (Å²) in [5.74, 6) is 0.598. The summed E-state index contributed by atoms with van der Waals surface area (Å²) < 4.78 is 8.72. The molecule has 3 heterocycles. The number of benzene rings is 6. The molecular weight excluding hydrogens is 550 g/mol. The van der Waals surface area contributed by atoms with Crippen molar-refractivity contribution in [1.82, 2.24) is 14.5 Å². The smallest absolute Gasteiger partial charge is 0.238 e. The maximum absolute atomic E-state index is 6.51. The Hall–Kier alpha value is -5.74. The summed E-state index contributed by atoms with van der Waals surface area (Å²) in [6.07, 6.45) is 0. The summed E-state index contributed by atoms with van der Waals surface area (Å²) in [5.41, 5.74) is 10.5. The van der Waals surface area contributed by atoms with Gasteiger partial charge in [0.15, 0.2) is 0 Å². The maximum atomic E-state index is 6.51. The number of fused-ring (bicyclic) bond motifs is 10. The highest BCUT2D eigenvalue weighted by Crippen LogP contribution is 2.52. The molecule has 212 valence electrons. The zero-order valence-electron chi connectivity index (χ0n) is 24.9. The first-order valence-electron chi connectivity index (χ1n) is 15.4. The Morgan fingerprint density at radius 1 is 0.578 bits per heavy atom. The Kier molecular flexibility index (Phi) is 4.76. The minimum Gasteiger partial charge on any atom is -0.437 e. The second kappa shape index (κ2) is 8.67. The quantitative estimate of drug-likeness (QED) is 0.205. The molecule has 3 aromatic heterocycles. The van der Waals surface area contributed by atoms with Crippen molar-refractivity contribution in [3.63, 3.8) is 0 Å². The van der Waals surface area contributed by atoms with E-state index in [0.29, 0.717) is 11.7 Å². The zero-order chi connectivity index (χ0) is 29.9. The van der Waals surface area contributed by atoms with Crippen molar-refractivity contribution in [2.45, 2.75) is 19.3 Å². The van der Waals surface area contributed by atoms with Crippen LogP contribution in [0.15, 0.2) is 132 Å². The van der Waals surface area contributed by atoms with Crippen molar-refractivity contribution < 1.29 is 4.42 Å². The van der Waals surface area contributed by atoms with Crippen molar-refractivity contribution in [1.29, 1.82) is 0 Å². The van der Waals surface area contributed by atoms with Crippen LogP contribution in [-0.2, 0) is 5.41 Å². The van der Waals surface area contributed by atoms with Crippen LogP contribution in [0.2, 0.25) is 0 Å². The fourth-order valence-corrected chi connectivity index (χ4v) is 7.73. The molecule has 0 saturated carbocycles. The predicted octanol–water partition coefficient (Wildman–Crippen LogP) is 10.6. The van der Waals surface area contributed by atoms with Crippen molar-refractivity contribution >= 4 is 54.6 Å². The van der Waals surface area contributed by atoms with E-state index in [4.69, 9.17) is 14.4 Å². The van der Waals surface area contributed by atoms with E-state index in [0.717, 1.165) is 38.6 Å². The van der Waals surface area contributed by atoms with E-state index in [1.54, 1.807) is 0 Å². The molecule has 0 radical (unpaired) electrons. The Morgan fingerprint density at radius 2 is 1.27 bits per heavy atom. The fourth-order valence-electron chi connectivity index (χ4n) is 7.73.